The Labute approximate surface area is 318 Å². The highest BCUT2D eigenvalue weighted by atomic mass is 79.9. The quantitative estimate of drug-likeness (QED) is 0.120. The number of carbonyl (C=O) groups is 2. The number of imide groups is 1. The van der Waals surface area contributed by atoms with Crippen LogP contribution in [0.5, 0.6) is 34.5 Å². The maximum atomic E-state index is 14.3. The molecule has 4 aromatic rings. The molecule has 0 atom stereocenters. The molecule has 0 radical (unpaired) electrons. The van der Waals surface area contributed by atoms with Crippen LogP contribution in [0.3, 0.4) is 0 Å². The Hall–Kier alpha value is -5.04. The number of halogens is 1. The van der Waals surface area contributed by atoms with Crippen molar-refractivity contribution in [3.8, 4) is 34.5 Å². The van der Waals surface area contributed by atoms with Gasteiger partial charge in [0.25, 0.3) is 11.8 Å². The lowest BCUT2D eigenvalue weighted by molar-refractivity contribution is -0.135. The molecule has 0 saturated carbocycles. The van der Waals surface area contributed by atoms with Crippen molar-refractivity contribution in [2.24, 2.45) is 0 Å². The highest BCUT2D eigenvalue weighted by Gasteiger charge is 2.40. The lowest BCUT2D eigenvalue weighted by Crippen LogP contribution is -2.38. The SMILES string of the molecule is COc1ccc(C2=C(c3ccc(OC)c(OC)c3)C(=O)N(CCc3cc(Br)c(OCc4ccccc4)c(OCCN4CCOCC4)c3)C2=O)cc1OC. The molecule has 2 heterocycles. The van der Waals surface area contributed by atoms with Crippen LogP contribution < -0.4 is 28.4 Å². The fraction of sp³-hybridized carbons (Fsp3) is 0.317. The second-order valence-electron chi connectivity index (χ2n) is 12.4. The average Bonchev–Trinajstić information content (AvgIpc) is 3.44. The molecule has 6 rings (SSSR count). The predicted molar refractivity (Wildman–Crippen MR) is 204 cm³/mol. The van der Waals surface area contributed by atoms with Crippen LogP contribution in [0.1, 0.15) is 22.3 Å². The zero-order chi connectivity index (χ0) is 37.3. The van der Waals surface area contributed by atoms with Crippen LogP contribution in [-0.2, 0) is 27.4 Å². The van der Waals surface area contributed by atoms with Gasteiger partial charge < -0.3 is 33.2 Å². The minimum absolute atomic E-state index is 0.120. The number of carbonyl (C=O) groups excluding carboxylic acids is 2. The van der Waals surface area contributed by atoms with Gasteiger partial charge in [-0.05, 0) is 81.0 Å². The van der Waals surface area contributed by atoms with Gasteiger partial charge in [-0.25, -0.2) is 0 Å². The highest BCUT2D eigenvalue weighted by molar-refractivity contribution is 9.10. The number of methoxy groups -OCH3 is 4. The molecule has 0 bridgehead atoms. The van der Waals surface area contributed by atoms with Gasteiger partial charge in [0, 0.05) is 26.2 Å². The van der Waals surface area contributed by atoms with Gasteiger partial charge in [-0.15, -0.1) is 0 Å². The molecule has 2 aliphatic heterocycles. The van der Waals surface area contributed by atoms with Crippen molar-refractivity contribution in [1.82, 2.24) is 9.80 Å². The third kappa shape index (κ3) is 8.62. The van der Waals surface area contributed by atoms with Gasteiger partial charge >= 0.3 is 0 Å². The van der Waals surface area contributed by atoms with Crippen LogP contribution in [0.15, 0.2) is 83.3 Å². The van der Waals surface area contributed by atoms with Crippen LogP contribution in [0.2, 0.25) is 0 Å². The Morgan fingerprint density at radius 3 is 1.79 bits per heavy atom. The van der Waals surface area contributed by atoms with Crippen molar-refractivity contribution < 1.29 is 42.7 Å². The summed E-state index contributed by atoms with van der Waals surface area (Å²) >= 11 is 3.72. The molecule has 11 nitrogen and oxygen atoms in total. The maximum Gasteiger partial charge on any atom is 0.262 e. The summed E-state index contributed by atoms with van der Waals surface area (Å²) < 4.78 is 40.8. The van der Waals surface area contributed by atoms with Gasteiger partial charge in [0.05, 0.1) is 57.3 Å². The van der Waals surface area contributed by atoms with E-state index >= 15 is 0 Å². The van der Waals surface area contributed by atoms with Crippen molar-refractivity contribution in [2.45, 2.75) is 13.0 Å². The standard InChI is InChI=1S/C41H43BrN2O9/c1-47-32-12-10-29(24-34(32)49-3)37-38(30-11-13-33(48-2)35(25-30)50-4)41(46)44(40(37)45)15-14-28-22-31(42)39(53-26-27-8-6-5-7-9-27)36(23-28)52-21-18-43-16-19-51-20-17-43/h5-13,22-25H,14-21,26H2,1-4H3. The number of morpholine rings is 1. The lowest BCUT2D eigenvalue weighted by atomic mass is 9.95. The number of amides is 2. The normalized spacial score (nSPS) is 14.8. The molecule has 0 aromatic heterocycles. The largest absolute Gasteiger partial charge is 0.493 e. The first-order valence-corrected chi connectivity index (χ1v) is 18.1. The molecule has 4 aromatic carbocycles. The van der Waals surface area contributed by atoms with Crippen LogP contribution >= 0.6 is 15.9 Å². The summed E-state index contributed by atoms with van der Waals surface area (Å²) in [6.45, 7) is 4.79. The van der Waals surface area contributed by atoms with E-state index in [0.29, 0.717) is 82.9 Å². The molecule has 2 aliphatic rings. The highest BCUT2D eigenvalue weighted by Crippen LogP contribution is 2.42. The molecule has 0 unspecified atom stereocenters. The van der Waals surface area contributed by atoms with Crippen LogP contribution in [0.4, 0.5) is 0 Å². The van der Waals surface area contributed by atoms with Crippen molar-refractivity contribution in [2.75, 3.05) is 74.4 Å². The Morgan fingerprint density at radius 1 is 0.642 bits per heavy atom. The summed E-state index contributed by atoms with van der Waals surface area (Å²) in [5.41, 5.74) is 3.43. The van der Waals surface area contributed by atoms with E-state index in [4.69, 9.17) is 33.2 Å². The second kappa shape index (κ2) is 17.7. The molecule has 2 amide bonds. The van der Waals surface area contributed by atoms with Gasteiger partial charge in [0.15, 0.2) is 34.5 Å². The third-order valence-electron chi connectivity index (χ3n) is 9.20. The fourth-order valence-electron chi connectivity index (χ4n) is 6.39. The number of nitrogens with zero attached hydrogens (tertiary/aromatic N) is 2. The van der Waals surface area contributed by atoms with Gasteiger partial charge in [0.1, 0.15) is 13.2 Å². The summed E-state index contributed by atoms with van der Waals surface area (Å²) in [5, 5.41) is 0. The number of ether oxygens (including phenoxy) is 7. The van der Waals surface area contributed by atoms with Gasteiger partial charge in [-0.3, -0.25) is 19.4 Å². The van der Waals surface area contributed by atoms with E-state index in [9.17, 15) is 9.59 Å². The van der Waals surface area contributed by atoms with E-state index in [1.807, 2.05) is 42.5 Å². The topological polar surface area (TPSA) is 105 Å². The Balaban J connectivity index is 1.28. The van der Waals surface area contributed by atoms with Crippen LogP contribution in [0, 0.1) is 0 Å². The van der Waals surface area contributed by atoms with Crippen LogP contribution in [0.25, 0.3) is 11.1 Å². The van der Waals surface area contributed by atoms with Crippen molar-refractivity contribution in [3.05, 3.63) is 106 Å². The monoisotopic (exact) mass is 786 g/mol. The summed E-state index contributed by atoms with van der Waals surface area (Å²) in [4.78, 5) is 32.2. The summed E-state index contributed by atoms with van der Waals surface area (Å²) in [6.07, 6.45) is 0.368. The van der Waals surface area contributed by atoms with E-state index in [0.717, 1.165) is 30.8 Å². The molecule has 1 saturated heterocycles. The number of hydrogen-bond donors (Lipinski definition) is 0. The van der Waals surface area contributed by atoms with Crippen LogP contribution in [-0.4, -0.2) is 96.1 Å². The fourth-order valence-corrected chi connectivity index (χ4v) is 7.00. The Kier molecular flexibility index (Phi) is 12.6. The first kappa shape index (κ1) is 37.7. The number of benzene rings is 4. The van der Waals surface area contributed by atoms with E-state index in [1.54, 1.807) is 50.6 Å². The molecule has 12 heteroatoms. The molecular weight excluding hydrogens is 744 g/mol. The zero-order valence-electron chi connectivity index (χ0n) is 30.3. The molecule has 0 N–H and O–H groups in total. The summed E-state index contributed by atoms with van der Waals surface area (Å²) in [6, 6.07) is 24.1. The smallest absolute Gasteiger partial charge is 0.262 e. The maximum absolute atomic E-state index is 14.3. The first-order valence-electron chi connectivity index (χ1n) is 17.3. The van der Waals surface area contributed by atoms with E-state index in [2.05, 4.69) is 20.8 Å². The van der Waals surface area contributed by atoms with Crippen molar-refractivity contribution >= 4 is 38.9 Å². The van der Waals surface area contributed by atoms with E-state index in [-0.39, 0.29) is 17.7 Å². The molecule has 278 valence electrons. The molecule has 53 heavy (non-hydrogen) atoms. The lowest BCUT2D eigenvalue weighted by Gasteiger charge is -2.26. The second-order valence-corrected chi connectivity index (χ2v) is 13.2. The van der Waals surface area contributed by atoms with Crippen molar-refractivity contribution in [1.29, 1.82) is 0 Å². The zero-order valence-corrected chi connectivity index (χ0v) is 31.9. The van der Waals surface area contributed by atoms with Crippen molar-refractivity contribution in [3.63, 3.8) is 0 Å². The van der Waals surface area contributed by atoms with E-state index in [1.165, 1.54) is 19.1 Å². The summed E-state index contributed by atoms with van der Waals surface area (Å²) in [5.74, 6) is 2.19. The number of rotatable bonds is 16. The third-order valence-corrected chi connectivity index (χ3v) is 9.79. The average molecular weight is 788 g/mol. The molecule has 0 spiro atoms. The summed E-state index contributed by atoms with van der Waals surface area (Å²) in [7, 11) is 6.13. The van der Waals surface area contributed by atoms with Gasteiger partial charge in [-0.1, -0.05) is 42.5 Å². The number of hydrogen-bond acceptors (Lipinski definition) is 10. The molecular formula is C41H43BrN2O9. The van der Waals surface area contributed by atoms with Gasteiger partial charge in [0.2, 0.25) is 0 Å². The minimum Gasteiger partial charge on any atom is -0.493 e. The minimum atomic E-state index is -0.420. The molecule has 1 fully saturated rings. The van der Waals surface area contributed by atoms with E-state index < -0.39 is 11.8 Å². The molecule has 0 aliphatic carbocycles. The Bertz CT molecular complexity index is 1880. The van der Waals surface area contributed by atoms with Gasteiger partial charge in [-0.2, -0.15) is 0 Å². The Morgan fingerprint density at radius 2 is 1.23 bits per heavy atom. The first-order chi connectivity index (χ1) is 25.8. The predicted octanol–water partition coefficient (Wildman–Crippen LogP) is 6.30.